The molecular formula is C9H8N2O2S. The van der Waals surface area contributed by atoms with Gasteiger partial charge in [-0.15, -0.1) is 0 Å². The summed E-state index contributed by atoms with van der Waals surface area (Å²) >= 11 is 1.39. The maximum absolute atomic E-state index is 10.4. The SMILES string of the molecule is O=C(O)CC1=Nc2ccccc2SN1. The second-order valence-corrected chi connectivity index (χ2v) is 3.65. The summed E-state index contributed by atoms with van der Waals surface area (Å²) in [5.41, 5.74) is 0.826. The molecular weight excluding hydrogens is 200 g/mol. The smallest absolute Gasteiger partial charge is 0.311 e. The van der Waals surface area contributed by atoms with Crippen LogP contribution in [0.5, 0.6) is 0 Å². The van der Waals surface area contributed by atoms with Crippen molar-refractivity contribution in [3.8, 4) is 0 Å². The molecule has 0 atom stereocenters. The lowest BCUT2D eigenvalue weighted by Crippen LogP contribution is -2.21. The molecule has 0 saturated carbocycles. The largest absolute Gasteiger partial charge is 0.481 e. The van der Waals surface area contributed by atoms with Crippen LogP contribution in [-0.4, -0.2) is 16.9 Å². The second-order valence-electron chi connectivity index (χ2n) is 2.80. The van der Waals surface area contributed by atoms with Gasteiger partial charge in [0, 0.05) is 0 Å². The Hall–Kier alpha value is -1.49. The molecule has 1 aliphatic heterocycles. The predicted molar refractivity (Wildman–Crippen MR) is 54.8 cm³/mol. The lowest BCUT2D eigenvalue weighted by atomic mass is 10.3. The van der Waals surface area contributed by atoms with Crippen molar-refractivity contribution in [2.24, 2.45) is 4.99 Å². The van der Waals surface area contributed by atoms with E-state index in [4.69, 9.17) is 5.11 Å². The van der Waals surface area contributed by atoms with Crippen molar-refractivity contribution >= 4 is 29.4 Å². The number of aliphatic carboxylic acids is 1. The minimum absolute atomic E-state index is 0.0681. The van der Waals surface area contributed by atoms with Crippen LogP contribution in [0.25, 0.3) is 0 Å². The Morgan fingerprint density at radius 1 is 1.50 bits per heavy atom. The monoisotopic (exact) mass is 208 g/mol. The van der Waals surface area contributed by atoms with Gasteiger partial charge in [-0.3, -0.25) is 4.79 Å². The van der Waals surface area contributed by atoms with E-state index in [-0.39, 0.29) is 6.42 Å². The van der Waals surface area contributed by atoms with E-state index in [2.05, 4.69) is 9.71 Å². The molecule has 0 saturated heterocycles. The number of carboxylic acid groups (broad SMARTS) is 1. The topological polar surface area (TPSA) is 61.7 Å². The van der Waals surface area contributed by atoms with Crippen molar-refractivity contribution in [2.75, 3.05) is 0 Å². The van der Waals surface area contributed by atoms with Gasteiger partial charge in [0.2, 0.25) is 0 Å². The maximum atomic E-state index is 10.4. The van der Waals surface area contributed by atoms with Crippen LogP contribution in [0.2, 0.25) is 0 Å². The Bertz CT molecular complexity index is 404. The van der Waals surface area contributed by atoms with Gasteiger partial charge in [0.05, 0.1) is 10.6 Å². The van der Waals surface area contributed by atoms with E-state index in [9.17, 15) is 4.79 Å². The highest BCUT2D eigenvalue weighted by molar-refractivity contribution is 7.98. The number of nitrogens with one attached hydrogen (secondary N) is 1. The molecule has 2 rings (SSSR count). The number of aliphatic imine (C=N–C) groups is 1. The van der Waals surface area contributed by atoms with Gasteiger partial charge in [-0.1, -0.05) is 12.1 Å². The standard InChI is InChI=1S/C9H8N2O2S/c12-9(13)5-8-10-6-3-1-2-4-7(6)14-11-8/h1-4H,5H2,(H,10,11)(H,12,13). The molecule has 2 N–H and O–H groups in total. The number of nitrogens with zero attached hydrogens (tertiary/aromatic N) is 1. The third kappa shape index (κ3) is 1.88. The van der Waals surface area contributed by atoms with Crippen LogP contribution in [-0.2, 0) is 4.79 Å². The molecule has 4 nitrogen and oxygen atoms in total. The Balaban J connectivity index is 2.26. The van der Waals surface area contributed by atoms with Crippen molar-refractivity contribution in [1.29, 1.82) is 0 Å². The molecule has 1 heterocycles. The highest BCUT2D eigenvalue weighted by Crippen LogP contribution is 2.30. The molecule has 0 amide bonds. The number of amidine groups is 1. The summed E-state index contributed by atoms with van der Waals surface area (Å²) < 4.78 is 2.89. The van der Waals surface area contributed by atoms with Gasteiger partial charge < -0.3 is 9.83 Å². The number of hydrogen-bond donors (Lipinski definition) is 2. The third-order valence-corrected chi connectivity index (χ3v) is 2.62. The van der Waals surface area contributed by atoms with Crippen LogP contribution in [0, 0.1) is 0 Å². The quantitative estimate of drug-likeness (QED) is 0.727. The van der Waals surface area contributed by atoms with Gasteiger partial charge in [-0.25, -0.2) is 4.99 Å². The first-order chi connectivity index (χ1) is 6.75. The first kappa shape index (κ1) is 9.08. The van der Waals surface area contributed by atoms with Crippen molar-refractivity contribution < 1.29 is 9.90 Å². The predicted octanol–water partition coefficient (Wildman–Crippen LogP) is 1.80. The summed E-state index contributed by atoms with van der Waals surface area (Å²) in [6.07, 6.45) is -0.0681. The van der Waals surface area contributed by atoms with Crippen LogP contribution in [0.3, 0.4) is 0 Å². The zero-order chi connectivity index (χ0) is 9.97. The maximum Gasteiger partial charge on any atom is 0.311 e. The van der Waals surface area contributed by atoms with Crippen molar-refractivity contribution in [2.45, 2.75) is 11.3 Å². The molecule has 72 valence electrons. The van der Waals surface area contributed by atoms with Crippen LogP contribution < -0.4 is 4.72 Å². The molecule has 0 fully saturated rings. The summed E-state index contributed by atoms with van der Waals surface area (Å²) in [6, 6.07) is 7.61. The molecule has 5 heteroatoms. The first-order valence-corrected chi connectivity index (χ1v) is 4.88. The zero-order valence-electron chi connectivity index (χ0n) is 7.23. The third-order valence-electron chi connectivity index (χ3n) is 1.72. The number of carbonyl (C=O) groups is 1. The normalized spacial score (nSPS) is 13.9. The fourth-order valence-electron chi connectivity index (χ4n) is 1.14. The van der Waals surface area contributed by atoms with E-state index >= 15 is 0 Å². The zero-order valence-corrected chi connectivity index (χ0v) is 8.04. The summed E-state index contributed by atoms with van der Waals surface area (Å²) in [7, 11) is 0. The van der Waals surface area contributed by atoms with Gasteiger partial charge in [0.15, 0.2) is 0 Å². The highest BCUT2D eigenvalue weighted by Gasteiger charge is 2.13. The van der Waals surface area contributed by atoms with Crippen LogP contribution in [0.1, 0.15) is 6.42 Å². The minimum atomic E-state index is -0.878. The minimum Gasteiger partial charge on any atom is -0.481 e. The van der Waals surface area contributed by atoms with E-state index in [0.717, 1.165) is 10.6 Å². The number of carboxylic acids is 1. The molecule has 0 spiro atoms. The molecule has 0 unspecified atom stereocenters. The fraction of sp³-hybridized carbons (Fsp3) is 0.111. The Morgan fingerprint density at radius 2 is 2.29 bits per heavy atom. The summed E-state index contributed by atoms with van der Waals surface area (Å²) in [6.45, 7) is 0. The van der Waals surface area contributed by atoms with Crippen molar-refractivity contribution in [3.63, 3.8) is 0 Å². The van der Waals surface area contributed by atoms with Gasteiger partial charge in [-0.2, -0.15) is 0 Å². The van der Waals surface area contributed by atoms with Crippen molar-refractivity contribution in [3.05, 3.63) is 24.3 Å². The molecule has 14 heavy (non-hydrogen) atoms. The van der Waals surface area contributed by atoms with E-state index in [1.165, 1.54) is 11.9 Å². The van der Waals surface area contributed by atoms with E-state index < -0.39 is 5.97 Å². The van der Waals surface area contributed by atoms with Gasteiger partial charge in [0.25, 0.3) is 0 Å². The molecule has 1 aliphatic rings. The number of rotatable bonds is 2. The van der Waals surface area contributed by atoms with E-state index in [1.54, 1.807) is 0 Å². The molecule has 0 aliphatic carbocycles. The van der Waals surface area contributed by atoms with Crippen LogP contribution in [0.4, 0.5) is 5.69 Å². The first-order valence-electron chi connectivity index (χ1n) is 4.07. The van der Waals surface area contributed by atoms with Gasteiger partial charge >= 0.3 is 5.97 Å². The second kappa shape index (κ2) is 3.71. The Morgan fingerprint density at radius 3 is 3.07 bits per heavy atom. The number of hydrogen-bond acceptors (Lipinski definition) is 4. The summed E-state index contributed by atoms with van der Waals surface area (Å²) in [5, 5.41) is 8.58. The van der Waals surface area contributed by atoms with Gasteiger partial charge in [0.1, 0.15) is 12.3 Å². The fourth-order valence-corrected chi connectivity index (χ4v) is 1.85. The van der Waals surface area contributed by atoms with Crippen LogP contribution >= 0.6 is 11.9 Å². The number of para-hydroxylation sites is 1. The molecule has 1 aromatic carbocycles. The Labute approximate surface area is 85.2 Å². The lowest BCUT2D eigenvalue weighted by molar-refractivity contribution is -0.135. The molecule has 1 aromatic rings. The highest BCUT2D eigenvalue weighted by atomic mass is 32.2. The number of benzene rings is 1. The van der Waals surface area contributed by atoms with Crippen LogP contribution in [0.15, 0.2) is 34.2 Å². The molecule has 0 bridgehead atoms. The van der Waals surface area contributed by atoms with E-state index in [0.29, 0.717) is 5.84 Å². The Kier molecular flexibility index (Phi) is 2.41. The molecule has 0 radical (unpaired) electrons. The average molecular weight is 208 g/mol. The summed E-state index contributed by atoms with van der Waals surface area (Å²) in [4.78, 5) is 15.7. The van der Waals surface area contributed by atoms with Gasteiger partial charge in [-0.05, 0) is 24.1 Å². The van der Waals surface area contributed by atoms with E-state index in [1.807, 2.05) is 24.3 Å². The summed E-state index contributed by atoms with van der Waals surface area (Å²) in [5.74, 6) is -0.391. The number of fused-ring (bicyclic) bond motifs is 1. The average Bonchev–Trinajstić information content (AvgIpc) is 2.17. The molecule has 0 aromatic heterocycles. The lowest BCUT2D eigenvalue weighted by Gasteiger charge is -2.14. The van der Waals surface area contributed by atoms with Crippen molar-refractivity contribution in [1.82, 2.24) is 4.72 Å².